The molecular formula is C16H14N8O4. The normalized spacial score (nSPS) is 10.2. The number of hydrogen-bond donors (Lipinski definition) is 3. The first-order valence-electron chi connectivity index (χ1n) is 7.90. The van der Waals surface area contributed by atoms with Crippen LogP contribution < -0.4 is 16.2 Å². The van der Waals surface area contributed by atoms with Crippen molar-refractivity contribution in [2.45, 2.75) is 6.92 Å². The highest BCUT2D eigenvalue weighted by Gasteiger charge is 2.23. The third-order valence-corrected chi connectivity index (χ3v) is 3.54. The van der Waals surface area contributed by atoms with Crippen molar-refractivity contribution in [3.05, 3.63) is 74.7 Å². The number of nitro benzene ring substituents is 1. The molecule has 3 rings (SSSR count). The number of pyridine rings is 1. The first-order valence-corrected chi connectivity index (χ1v) is 7.90. The Bertz CT molecular complexity index is 1030. The summed E-state index contributed by atoms with van der Waals surface area (Å²) in [6.07, 6.45) is 1.16. The molecule has 3 N–H and O–H groups in total. The Balaban J connectivity index is 1.82. The molecule has 1 aromatic carbocycles. The zero-order chi connectivity index (χ0) is 20.1. The van der Waals surface area contributed by atoms with Gasteiger partial charge < -0.3 is 5.32 Å². The summed E-state index contributed by atoms with van der Waals surface area (Å²) in [5, 5.41) is 25.0. The second-order valence-corrected chi connectivity index (χ2v) is 5.52. The number of non-ortho nitro benzene ring substituents is 1. The third-order valence-electron chi connectivity index (χ3n) is 3.54. The van der Waals surface area contributed by atoms with E-state index in [-0.39, 0.29) is 23.0 Å². The molecule has 0 spiro atoms. The van der Waals surface area contributed by atoms with E-state index in [1.807, 2.05) is 0 Å². The number of hydrogen-bond acceptors (Lipinski definition) is 10. The molecule has 0 aliphatic carbocycles. The molecular weight excluding hydrogens is 368 g/mol. The predicted octanol–water partition coefficient (Wildman–Crippen LogP) is 3.18. The summed E-state index contributed by atoms with van der Waals surface area (Å²) in [5.41, 5.74) is 6.06. The number of hydrazine groups is 1. The molecule has 0 unspecified atom stereocenters. The van der Waals surface area contributed by atoms with E-state index in [4.69, 9.17) is 0 Å². The van der Waals surface area contributed by atoms with Gasteiger partial charge >= 0.3 is 5.69 Å². The van der Waals surface area contributed by atoms with Gasteiger partial charge in [-0.15, -0.1) is 0 Å². The molecule has 2 aromatic heterocycles. The van der Waals surface area contributed by atoms with Crippen LogP contribution in [-0.2, 0) is 0 Å². The van der Waals surface area contributed by atoms with Gasteiger partial charge in [0.2, 0.25) is 11.6 Å². The lowest BCUT2D eigenvalue weighted by molar-refractivity contribution is -0.384. The highest BCUT2D eigenvalue weighted by Crippen LogP contribution is 2.30. The van der Waals surface area contributed by atoms with Crippen LogP contribution in [0.2, 0.25) is 0 Å². The minimum atomic E-state index is -0.627. The zero-order valence-corrected chi connectivity index (χ0v) is 14.5. The van der Waals surface area contributed by atoms with Gasteiger partial charge in [-0.2, -0.15) is 0 Å². The Morgan fingerprint density at radius 1 is 0.893 bits per heavy atom. The van der Waals surface area contributed by atoms with E-state index in [9.17, 15) is 20.2 Å². The monoisotopic (exact) mass is 382 g/mol. The number of benzene rings is 1. The fourth-order valence-corrected chi connectivity index (χ4v) is 2.27. The summed E-state index contributed by atoms with van der Waals surface area (Å²) in [6.45, 7) is 1.79. The van der Waals surface area contributed by atoms with Gasteiger partial charge in [-0.25, -0.2) is 15.0 Å². The Labute approximate surface area is 157 Å². The summed E-state index contributed by atoms with van der Waals surface area (Å²) >= 11 is 0. The summed E-state index contributed by atoms with van der Waals surface area (Å²) in [6, 6.07) is 10.7. The molecule has 0 saturated carbocycles. The fourth-order valence-electron chi connectivity index (χ4n) is 2.27. The lowest BCUT2D eigenvalue weighted by Gasteiger charge is -2.11. The van der Waals surface area contributed by atoms with Crippen molar-refractivity contribution in [2.75, 3.05) is 16.2 Å². The molecule has 12 nitrogen and oxygen atoms in total. The van der Waals surface area contributed by atoms with Crippen molar-refractivity contribution in [1.82, 2.24) is 15.0 Å². The topological polar surface area (TPSA) is 161 Å². The van der Waals surface area contributed by atoms with E-state index in [0.29, 0.717) is 11.5 Å². The van der Waals surface area contributed by atoms with Crippen molar-refractivity contribution >= 4 is 34.5 Å². The molecule has 2 heterocycles. The first kappa shape index (κ1) is 18.4. The Kier molecular flexibility index (Phi) is 5.21. The van der Waals surface area contributed by atoms with Gasteiger partial charge in [-0.1, -0.05) is 6.07 Å². The Hall–Kier alpha value is -4.35. The second-order valence-electron chi connectivity index (χ2n) is 5.52. The summed E-state index contributed by atoms with van der Waals surface area (Å²) in [5.74, 6) is 0.274. The quantitative estimate of drug-likeness (QED) is 0.409. The highest BCUT2D eigenvalue weighted by molar-refractivity contribution is 5.73. The van der Waals surface area contributed by atoms with Crippen molar-refractivity contribution < 1.29 is 9.85 Å². The van der Waals surface area contributed by atoms with E-state index in [1.165, 1.54) is 24.3 Å². The predicted molar refractivity (Wildman–Crippen MR) is 101 cm³/mol. The van der Waals surface area contributed by atoms with Crippen molar-refractivity contribution in [3.8, 4) is 0 Å². The van der Waals surface area contributed by atoms with E-state index in [0.717, 1.165) is 12.0 Å². The van der Waals surface area contributed by atoms with Crippen LogP contribution in [-0.4, -0.2) is 24.8 Å². The minimum absolute atomic E-state index is 0.0360. The van der Waals surface area contributed by atoms with Gasteiger partial charge in [-0.3, -0.25) is 31.1 Å². The molecule has 142 valence electrons. The molecule has 0 radical (unpaired) electrons. The van der Waals surface area contributed by atoms with E-state index < -0.39 is 9.85 Å². The highest BCUT2D eigenvalue weighted by atomic mass is 16.6. The number of nitro groups is 2. The van der Waals surface area contributed by atoms with E-state index in [1.54, 1.807) is 25.1 Å². The SMILES string of the molecule is Cc1cccc(Nc2ncnc(NNc3ccc([N+](=O)[O-])cc3)c2[N+](=O)[O-])n1. The number of rotatable bonds is 7. The zero-order valence-electron chi connectivity index (χ0n) is 14.5. The number of aryl methyl sites for hydroxylation is 1. The van der Waals surface area contributed by atoms with Crippen molar-refractivity contribution in [2.24, 2.45) is 0 Å². The molecule has 0 bridgehead atoms. The van der Waals surface area contributed by atoms with Gasteiger partial charge in [0, 0.05) is 17.8 Å². The van der Waals surface area contributed by atoms with Crippen LogP contribution in [0.4, 0.5) is 34.5 Å². The number of aromatic nitrogens is 3. The first-order chi connectivity index (χ1) is 13.4. The molecule has 0 aliphatic rings. The van der Waals surface area contributed by atoms with Crippen LogP contribution in [0.5, 0.6) is 0 Å². The Morgan fingerprint density at radius 3 is 2.25 bits per heavy atom. The van der Waals surface area contributed by atoms with Crippen LogP contribution in [0.25, 0.3) is 0 Å². The van der Waals surface area contributed by atoms with Gasteiger partial charge in [0.1, 0.15) is 12.1 Å². The van der Waals surface area contributed by atoms with Crippen molar-refractivity contribution in [3.63, 3.8) is 0 Å². The van der Waals surface area contributed by atoms with Crippen LogP contribution in [0.1, 0.15) is 5.69 Å². The molecule has 0 amide bonds. The number of anilines is 4. The molecule has 0 saturated heterocycles. The number of nitrogens with zero attached hydrogens (tertiary/aromatic N) is 5. The van der Waals surface area contributed by atoms with Crippen LogP contribution in [0.15, 0.2) is 48.8 Å². The Morgan fingerprint density at radius 2 is 1.61 bits per heavy atom. The maximum atomic E-state index is 11.6. The van der Waals surface area contributed by atoms with E-state index in [2.05, 4.69) is 31.1 Å². The molecule has 28 heavy (non-hydrogen) atoms. The largest absolute Gasteiger partial charge is 0.355 e. The summed E-state index contributed by atoms with van der Waals surface area (Å²) < 4.78 is 0. The smallest absolute Gasteiger partial charge is 0.319 e. The van der Waals surface area contributed by atoms with Crippen LogP contribution in [0, 0.1) is 27.2 Å². The molecule has 0 aliphatic heterocycles. The van der Waals surface area contributed by atoms with Crippen LogP contribution in [0.3, 0.4) is 0 Å². The number of nitrogens with one attached hydrogen (secondary N) is 3. The van der Waals surface area contributed by atoms with Crippen molar-refractivity contribution in [1.29, 1.82) is 0 Å². The second kappa shape index (κ2) is 7.90. The average molecular weight is 382 g/mol. The molecule has 0 atom stereocenters. The minimum Gasteiger partial charge on any atom is -0.319 e. The van der Waals surface area contributed by atoms with Crippen LogP contribution >= 0.6 is 0 Å². The maximum absolute atomic E-state index is 11.6. The summed E-state index contributed by atoms with van der Waals surface area (Å²) in [7, 11) is 0. The van der Waals surface area contributed by atoms with Gasteiger partial charge in [0.05, 0.1) is 15.5 Å². The molecule has 3 aromatic rings. The lowest BCUT2D eigenvalue weighted by Crippen LogP contribution is -2.13. The maximum Gasteiger partial charge on any atom is 0.355 e. The molecule has 12 heteroatoms. The lowest BCUT2D eigenvalue weighted by atomic mass is 10.3. The van der Waals surface area contributed by atoms with Gasteiger partial charge in [0.15, 0.2) is 0 Å². The average Bonchev–Trinajstić information content (AvgIpc) is 2.66. The van der Waals surface area contributed by atoms with E-state index >= 15 is 0 Å². The third kappa shape index (κ3) is 4.24. The standard InChI is InChI=1S/C16H14N8O4/c1-10-3-2-4-13(19-10)20-15-14(24(27)28)16(18-9-17-15)22-21-11-5-7-12(8-6-11)23(25)26/h2-9,21H,1H3,(H2,17,18,19,20,22). The van der Waals surface area contributed by atoms with Gasteiger partial charge in [-0.05, 0) is 31.2 Å². The van der Waals surface area contributed by atoms with Gasteiger partial charge in [0.25, 0.3) is 5.69 Å². The summed E-state index contributed by atoms with van der Waals surface area (Å²) in [4.78, 5) is 33.1. The molecule has 0 fully saturated rings. The fraction of sp³-hybridized carbons (Fsp3) is 0.0625.